The molecule has 4 atom stereocenters. The first-order chi connectivity index (χ1) is 19.5. The van der Waals surface area contributed by atoms with Crippen molar-refractivity contribution in [2.45, 2.75) is 75.5 Å². The Balaban J connectivity index is 1.67. The van der Waals surface area contributed by atoms with Gasteiger partial charge in [0.15, 0.2) is 0 Å². The molecule has 2 aromatic rings. The number of benzene rings is 2. The summed E-state index contributed by atoms with van der Waals surface area (Å²) in [6.07, 6.45) is -8.14. The molecule has 2 aromatic carbocycles. The number of hydrogen-bond donors (Lipinski definition) is 1. The van der Waals surface area contributed by atoms with Crippen LogP contribution in [-0.2, 0) is 21.9 Å². The van der Waals surface area contributed by atoms with Crippen molar-refractivity contribution in [2.24, 2.45) is 0 Å². The number of nitrogens with one attached hydrogen (secondary N) is 1. The molecule has 4 rings (SSSR count). The Bertz CT molecular complexity index is 1310. The quantitative estimate of drug-likeness (QED) is 0.309. The number of alkyl halides is 6. The molecule has 1 spiro atoms. The summed E-state index contributed by atoms with van der Waals surface area (Å²) in [4.78, 5) is 28.7. The van der Waals surface area contributed by atoms with Gasteiger partial charge in [0.05, 0.1) is 30.3 Å². The van der Waals surface area contributed by atoms with Crippen molar-refractivity contribution in [3.63, 3.8) is 0 Å². The fourth-order valence-electron chi connectivity index (χ4n) is 6.02. The summed E-state index contributed by atoms with van der Waals surface area (Å²) in [5.74, 6) is -0.882. The van der Waals surface area contributed by atoms with Crippen LogP contribution in [0.1, 0.15) is 72.5 Å². The molecule has 0 aromatic heterocycles. The van der Waals surface area contributed by atoms with Gasteiger partial charge in [-0.25, -0.2) is 9.18 Å². The predicted molar refractivity (Wildman–Crippen MR) is 139 cm³/mol. The van der Waals surface area contributed by atoms with Gasteiger partial charge in [-0.3, -0.25) is 10.1 Å². The lowest BCUT2D eigenvalue weighted by atomic mass is 9.79. The second-order valence-corrected chi connectivity index (χ2v) is 11.1. The molecule has 0 bridgehead atoms. The number of aryl methyl sites for hydroxylation is 1. The molecule has 2 aliphatic rings. The molecular weight excluding hydrogens is 571 g/mol. The van der Waals surface area contributed by atoms with Gasteiger partial charge < -0.3 is 14.5 Å². The predicted octanol–water partition coefficient (Wildman–Crippen LogP) is 6.79. The number of nitrogens with zero attached hydrogens (tertiary/aromatic N) is 2. The molecule has 0 saturated carbocycles. The lowest BCUT2D eigenvalue weighted by molar-refractivity contribution is -0.144. The maximum absolute atomic E-state index is 14.0. The first kappa shape index (κ1) is 31.6. The van der Waals surface area contributed by atoms with Gasteiger partial charge in [-0.1, -0.05) is 6.07 Å². The highest BCUT2D eigenvalue weighted by molar-refractivity contribution is 5.77. The minimum atomic E-state index is -5.03. The number of likely N-dealkylation sites (tertiary alicyclic amines) is 1. The van der Waals surface area contributed by atoms with Gasteiger partial charge in [-0.2, -0.15) is 26.3 Å². The van der Waals surface area contributed by atoms with E-state index in [1.54, 1.807) is 13.0 Å². The topological polar surface area (TPSA) is 61.9 Å². The molecule has 230 valence electrons. The van der Waals surface area contributed by atoms with E-state index in [0.717, 1.165) is 4.90 Å². The van der Waals surface area contributed by atoms with Gasteiger partial charge >= 0.3 is 24.4 Å². The molecule has 6 nitrogen and oxygen atoms in total. The first-order valence-corrected chi connectivity index (χ1v) is 13.4. The summed E-state index contributed by atoms with van der Waals surface area (Å²) < 4.78 is 99.8. The number of carbonyl (C=O) groups excluding carboxylic acids is 2. The highest BCUT2D eigenvalue weighted by atomic mass is 19.4. The van der Waals surface area contributed by atoms with Crippen molar-refractivity contribution in [1.82, 2.24) is 15.1 Å². The zero-order valence-electron chi connectivity index (χ0n) is 23.5. The molecule has 2 saturated heterocycles. The lowest BCUT2D eigenvalue weighted by Crippen LogP contribution is -2.56. The first-order valence-electron chi connectivity index (χ1n) is 13.4. The molecule has 2 fully saturated rings. The Morgan fingerprint density at radius 2 is 1.67 bits per heavy atom. The van der Waals surface area contributed by atoms with Crippen molar-refractivity contribution < 1.29 is 45.1 Å². The fourth-order valence-corrected chi connectivity index (χ4v) is 6.02. The zero-order valence-corrected chi connectivity index (χ0v) is 23.5. The normalized spacial score (nSPS) is 23.6. The van der Waals surface area contributed by atoms with Gasteiger partial charge in [0, 0.05) is 19.1 Å². The number of carbonyl (C=O) groups is 2. The van der Waals surface area contributed by atoms with Crippen LogP contribution < -0.4 is 5.32 Å². The average Bonchev–Trinajstić information content (AvgIpc) is 3.33. The molecule has 0 aliphatic carbocycles. The Hall–Kier alpha value is -3.35. The second-order valence-electron chi connectivity index (χ2n) is 11.1. The summed E-state index contributed by atoms with van der Waals surface area (Å²) >= 11 is 0. The third-order valence-corrected chi connectivity index (χ3v) is 8.48. The smallest absolute Gasteiger partial charge is 0.416 e. The van der Waals surface area contributed by atoms with Crippen LogP contribution >= 0.6 is 0 Å². The maximum atomic E-state index is 14.0. The number of ether oxygens (including phenoxy) is 1. The minimum Gasteiger partial charge on any atom is -0.468 e. The molecule has 1 N–H and O–H groups in total. The largest absolute Gasteiger partial charge is 0.468 e. The fraction of sp³-hybridized carbons (Fsp3) is 0.517. The van der Waals surface area contributed by atoms with E-state index in [2.05, 4.69) is 5.32 Å². The zero-order chi connectivity index (χ0) is 31.2. The van der Waals surface area contributed by atoms with Crippen LogP contribution in [-0.4, -0.2) is 54.1 Å². The van der Waals surface area contributed by atoms with E-state index in [1.807, 2.05) is 0 Å². The van der Waals surface area contributed by atoms with Gasteiger partial charge in [0.2, 0.25) is 0 Å². The number of hydrogen-bond acceptors (Lipinski definition) is 4. The van der Waals surface area contributed by atoms with Gasteiger partial charge in [0.25, 0.3) is 0 Å². The molecule has 2 amide bonds. The van der Waals surface area contributed by atoms with Crippen molar-refractivity contribution in [2.75, 3.05) is 20.7 Å². The highest BCUT2D eigenvalue weighted by Crippen LogP contribution is 2.44. The lowest BCUT2D eigenvalue weighted by Gasteiger charge is -2.47. The Morgan fingerprint density at radius 1 is 1.05 bits per heavy atom. The van der Waals surface area contributed by atoms with Crippen LogP contribution in [0, 0.1) is 12.7 Å². The summed E-state index contributed by atoms with van der Waals surface area (Å²) in [7, 11) is 2.61. The Labute approximate surface area is 238 Å². The van der Waals surface area contributed by atoms with Gasteiger partial charge in [0.1, 0.15) is 11.9 Å². The van der Waals surface area contributed by atoms with Crippen molar-refractivity contribution in [1.29, 1.82) is 0 Å². The van der Waals surface area contributed by atoms with E-state index in [0.29, 0.717) is 48.9 Å². The average molecular weight is 604 g/mol. The molecule has 1 unspecified atom stereocenters. The molecule has 2 aliphatic heterocycles. The van der Waals surface area contributed by atoms with Gasteiger partial charge in [-0.05, 0) is 86.6 Å². The monoisotopic (exact) mass is 603 g/mol. The van der Waals surface area contributed by atoms with Crippen LogP contribution in [0.25, 0.3) is 0 Å². The number of rotatable bonds is 4. The standard InChI is InChI=1S/C29H32F7N3O3/c1-16-11-21(30)5-6-22(16)24-15-27(8-7-23(37-27)25(40)42-4)9-10-39(24)26(41)38(3)17(2)18-12-19(28(31,32)33)14-20(13-18)29(34,35)36/h5-6,11-14,17,23-24,37H,7-10,15H2,1-4H3/t17?,23-,24+,27-/m0/s1. The Kier molecular flexibility index (Phi) is 8.56. The number of piperidine rings is 1. The number of halogens is 7. The van der Waals surface area contributed by atoms with E-state index < -0.39 is 65.0 Å². The molecule has 42 heavy (non-hydrogen) atoms. The van der Waals surface area contributed by atoms with Crippen molar-refractivity contribution in [3.8, 4) is 0 Å². The van der Waals surface area contributed by atoms with Gasteiger partial charge in [-0.15, -0.1) is 0 Å². The van der Waals surface area contributed by atoms with E-state index in [4.69, 9.17) is 4.74 Å². The van der Waals surface area contributed by atoms with Crippen molar-refractivity contribution >= 4 is 12.0 Å². The minimum absolute atomic E-state index is 0.0473. The van der Waals surface area contributed by atoms with Crippen LogP contribution in [0.3, 0.4) is 0 Å². The van der Waals surface area contributed by atoms with Crippen LogP contribution in [0.4, 0.5) is 35.5 Å². The van der Waals surface area contributed by atoms with E-state index in [-0.39, 0.29) is 18.2 Å². The molecular formula is C29H32F7N3O3. The SMILES string of the molecule is COC(=O)[C@@H]1CC[C@@]2(CCN(C(=O)N(C)C(C)c3cc(C(F)(F)F)cc(C(F)(F)F)c3)[C@@H](c3ccc(F)cc3C)C2)N1. The number of esters is 1. The molecule has 13 heteroatoms. The van der Waals surface area contributed by atoms with Crippen LogP contribution in [0.5, 0.6) is 0 Å². The van der Waals surface area contributed by atoms with E-state index in [1.165, 1.54) is 38.1 Å². The summed E-state index contributed by atoms with van der Waals surface area (Å²) in [5.41, 5.74) is -2.57. The second kappa shape index (κ2) is 11.4. The number of amides is 2. The third kappa shape index (κ3) is 6.35. The van der Waals surface area contributed by atoms with Crippen molar-refractivity contribution in [3.05, 3.63) is 70.0 Å². The Morgan fingerprint density at radius 3 is 2.21 bits per heavy atom. The van der Waals surface area contributed by atoms with E-state index >= 15 is 0 Å². The van der Waals surface area contributed by atoms with Crippen LogP contribution in [0.15, 0.2) is 36.4 Å². The van der Waals surface area contributed by atoms with E-state index in [9.17, 15) is 40.3 Å². The summed E-state index contributed by atoms with van der Waals surface area (Å²) in [6, 6.07) is 2.53. The van der Waals surface area contributed by atoms with Crippen LogP contribution in [0.2, 0.25) is 0 Å². The number of methoxy groups -OCH3 is 1. The molecule has 2 heterocycles. The summed E-state index contributed by atoms with van der Waals surface area (Å²) in [5, 5.41) is 3.35. The number of urea groups is 1. The molecule has 0 radical (unpaired) electrons. The maximum Gasteiger partial charge on any atom is 0.416 e. The highest BCUT2D eigenvalue weighted by Gasteiger charge is 2.48. The third-order valence-electron chi connectivity index (χ3n) is 8.48. The summed E-state index contributed by atoms with van der Waals surface area (Å²) in [6.45, 7) is 3.22.